The van der Waals surface area contributed by atoms with Gasteiger partial charge in [0.05, 0.1) is 10.6 Å². The number of rotatable bonds is 4. The van der Waals surface area contributed by atoms with Crippen molar-refractivity contribution in [3.05, 3.63) is 29.8 Å². The van der Waals surface area contributed by atoms with Crippen molar-refractivity contribution in [3.8, 4) is 0 Å². The fourth-order valence-electron chi connectivity index (χ4n) is 2.89. The highest BCUT2D eigenvalue weighted by Crippen LogP contribution is 2.20. The number of aryl methyl sites for hydroxylation is 1. The Morgan fingerprint density at radius 3 is 2.55 bits per heavy atom. The molecule has 112 valence electrons. The smallest absolute Gasteiger partial charge is 0.179 e. The monoisotopic (exact) mass is 295 g/mol. The topological polar surface area (TPSA) is 37.4 Å². The highest BCUT2D eigenvalue weighted by atomic mass is 32.2. The number of benzene rings is 1. The maximum Gasteiger partial charge on any atom is 0.179 e. The lowest BCUT2D eigenvalue weighted by Gasteiger charge is -2.35. The van der Waals surface area contributed by atoms with Gasteiger partial charge in [-0.25, -0.2) is 8.42 Å². The number of hydrogen-bond donors (Lipinski definition) is 0. The van der Waals surface area contributed by atoms with E-state index in [1.165, 1.54) is 12.8 Å². The van der Waals surface area contributed by atoms with Gasteiger partial charge in [0.25, 0.3) is 0 Å². The van der Waals surface area contributed by atoms with Gasteiger partial charge in [-0.05, 0) is 51.3 Å². The molecule has 20 heavy (non-hydrogen) atoms. The van der Waals surface area contributed by atoms with Gasteiger partial charge in [-0.15, -0.1) is 0 Å². The molecule has 1 heterocycles. The molecule has 2 atom stereocenters. The van der Waals surface area contributed by atoms with Gasteiger partial charge in [-0.2, -0.15) is 0 Å². The lowest BCUT2D eigenvalue weighted by atomic mass is 9.99. The number of hydrogen-bond acceptors (Lipinski definition) is 3. The molecule has 4 heteroatoms. The van der Waals surface area contributed by atoms with Gasteiger partial charge in [0.15, 0.2) is 9.84 Å². The molecule has 0 bridgehead atoms. The van der Waals surface area contributed by atoms with E-state index in [4.69, 9.17) is 0 Å². The number of likely N-dealkylation sites (tertiary alicyclic amines) is 1. The highest BCUT2D eigenvalue weighted by Gasteiger charge is 2.25. The van der Waals surface area contributed by atoms with Crippen molar-refractivity contribution in [2.24, 2.45) is 5.92 Å². The van der Waals surface area contributed by atoms with Crippen molar-refractivity contribution in [3.63, 3.8) is 0 Å². The van der Waals surface area contributed by atoms with E-state index in [2.05, 4.69) is 11.8 Å². The van der Waals surface area contributed by atoms with Crippen LogP contribution in [-0.4, -0.2) is 38.2 Å². The van der Waals surface area contributed by atoms with Crippen LogP contribution in [0.5, 0.6) is 0 Å². The van der Waals surface area contributed by atoms with E-state index in [9.17, 15) is 8.42 Å². The predicted octanol–water partition coefficient (Wildman–Crippen LogP) is 2.89. The first kappa shape index (κ1) is 15.5. The molecule has 0 unspecified atom stereocenters. The Morgan fingerprint density at radius 1 is 1.30 bits per heavy atom. The quantitative estimate of drug-likeness (QED) is 0.857. The largest absolute Gasteiger partial charge is 0.299 e. The molecule has 0 aromatic heterocycles. The minimum absolute atomic E-state index is 0.0871. The molecule has 1 aliphatic heterocycles. The Hall–Kier alpha value is -0.870. The van der Waals surface area contributed by atoms with Crippen LogP contribution in [-0.2, 0) is 9.84 Å². The van der Waals surface area contributed by atoms with Gasteiger partial charge in [0.1, 0.15) is 0 Å². The first-order chi connectivity index (χ1) is 9.38. The minimum Gasteiger partial charge on any atom is -0.299 e. The molecular weight excluding hydrogens is 270 g/mol. The van der Waals surface area contributed by atoms with Crippen LogP contribution in [0.3, 0.4) is 0 Å². The Morgan fingerprint density at radius 2 is 1.95 bits per heavy atom. The second-order valence-corrected chi connectivity index (χ2v) is 8.22. The molecule has 2 rings (SSSR count). The Balaban J connectivity index is 2.05. The molecule has 1 aliphatic rings. The van der Waals surface area contributed by atoms with Crippen LogP contribution >= 0.6 is 0 Å². The highest BCUT2D eigenvalue weighted by molar-refractivity contribution is 7.91. The van der Waals surface area contributed by atoms with Crippen LogP contribution in [0.2, 0.25) is 0 Å². The molecule has 1 aromatic carbocycles. The van der Waals surface area contributed by atoms with E-state index in [1.807, 2.05) is 26.0 Å². The lowest BCUT2D eigenvalue weighted by Crippen LogP contribution is -2.43. The van der Waals surface area contributed by atoms with E-state index in [1.54, 1.807) is 12.1 Å². The third-order valence-corrected chi connectivity index (χ3v) is 6.06. The Labute approximate surface area is 122 Å². The van der Waals surface area contributed by atoms with Crippen LogP contribution < -0.4 is 0 Å². The van der Waals surface area contributed by atoms with Crippen LogP contribution in [0.1, 0.15) is 32.3 Å². The maximum absolute atomic E-state index is 12.5. The standard InChI is InChI=1S/C16H25NO2S/c1-13-6-8-16(9-7-13)20(18,19)12-15(3)17-10-4-5-14(2)11-17/h6-9,14-15H,4-5,10-12H2,1-3H3/t14-,15-/m1/s1. The molecule has 0 aliphatic carbocycles. The van der Waals surface area contributed by atoms with E-state index in [-0.39, 0.29) is 11.8 Å². The van der Waals surface area contributed by atoms with Crippen molar-refractivity contribution in [1.29, 1.82) is 0 Å². The van der Waals surface area contributed by atoms with E-state index < -0.39 is 9.84 Å². The molecule has 1 fully saturated rings. The molecule has 0 spiro atoms. The van der Waals surface area contributed by atoms with E-state index in [0.29, 0.717) is 10.8 Å². The summed E-state index contributed by atoms with van der Waals surface area (Å²) in [4.78, 5) is 2.76. The SMILES string of the molecule is Cc1ccc(S(=O)(=O)C[C@@H](C)N2CCC[C@@H](C)C2)cc1. The van der Waals surface area contributed by atoms with Crippen molar-refractivity contribution in [2.45, 2.75) is 44.6 Å². The second-order valence-electron chi connectivity index (χ2n) is 6.19. The lowest BCUT2D eigenvalue weighted by molar-refractivity contribution is 0.149. The molecule has 0 amide bonds. The van der Waals surface area contributed by atoms with E-state index in [0.717, 1.165) is 18.7 Å². The zero-order chi connectivity index (χ0) is 14.8. The summed E-state index contributed by atoms with van der Waals surface area (Å²) in [6.45, 7) is 8.28. The molecular formula is C16H25NO2S. The Kier molecular flexibility index (Phi) is 4.86. The van der Waals surface area contributed by atoms with Crippen LogP contribution in [0, 0.1) is 12.8 Å². The van der Waals surface area contributed by atoms with Gasteiger partial charge >= 0.3 is 0 Å². The van der Waals surface area contributed by atoms with Crippen LogP contribution in [0.25, 0.3) is 0 Å². The van der Waals surface area contributed by atoms with Gasteiger partial charge in [-0.3, -0.25) is 4.90 Å². The fourth-order valence-corrected chi connectivity index (χ4v) is 4.48. The molecule has 0 N–H and O–H groups in total. The van der Waals surface area contributed by atoms with Crippen molar-refractivity contribution >= 4 is 9.84 Å². The zero-order valence-electron chi connectivity index (χ0n) is 12.7. The number of piperidine rings is 1. The average molecular weight is 295 g/mol. The van der Waals surface area contributed by atoms with Crippen molar-refractivity contribution < 1.29 is 8.42 Å². The molecule has 1 aromatic rings. The van der Waals surface area contributed by atoms with Gasteiger partial charge in [-0.1, -0.05) is 24.6 Å². The minimum atomic E-state index is -3.18. The van der Waals surface area contributed by atoms with Crippen LogP contribution in [0.15, 0.2) is 29.2 Å². The summed E-state index contributed by atoms with van der Waals surface area (Å²) in [7, 11) is -3.18. The fraction of sp³-hybridized carbons (Fsp3) is 0.625. The van der Waals surface area contributed by atoms with E-state index >= 15 is 0 Å². The summed E-state index contributed by atoms with van der Waals surface area (Å²) < 4.78 is 24.9. The first-order valence-electron chi connectivity index (χ1n) is 7.42. The van der Waals surface area contributed by atoms with Crippen molar-refractivity contribution in [2.75, 3.05) is 18.8 Å². The van der Waals surface area contributed by atoms with Gasteiger partial charge < -0.3 is 0 Å². The Bertz CT molecular complexity index is 536. The third kappa shape index (κ3) is 3.83. The number of nitrogens with zero attached hydrogens (tertiary/aromatic N) is 1. The van der Waals surface area contributed by atoms with Gasteiger partial charge in [0, 0.05) is 12.6 Å². The van der Waals surface area contributed by atoms with Crippen molar-refractivity contribution in [1.82, 2.24) is 4.90 Å². The molecule has 1 saturated heterocycles. The normalized spacial score (nSPS) is 22.6. The van der Waals surface area contributed by atoms with Gasteiger partial charge in [0.2, 0.25) is 0 Å². The maximum atomic E-state index is 12.5. The number of sulfone groups is 1. The summed E-state index contributed by atoms with van der Waals surface area (Å²) in [6, 6.07) is 7.25. The first-order valence-corrected chi connectivity index (χ1v) is 9.07. The molecule has 3 nitrogen and oxygen atoms in total. The molecule has 0 saturated carbocycles. The molecule has 0 radical (unpaired) electrons. The summed E-state index contributed by atoms with van der Waals surface area (Å²) in [5, 5.41) is 0. The second kappa shape index (κ2) is 6.27. The summed E-state index contributed by atoms with van der Waals surface area (Å²) in [5.41, 5.74) is 1.09. The average Bonchev–Trinajstić information content (AvgIpc) is 2.38. The zero-order valence-corrected chi connectivity index (χ0v) is 13.5. The summed E-state index contributed by atoms with van der Waals surface area (Å²) in [5.74, 6) is 0.885. The summed E-state index contributed by atoms with van der Waals surface area (Å²) in [6.07, 6.45) is 2.43. The summed E-state index contributed by atoms with van der Waals surface area (Å²) >= 11 is 0. The predicted molar refractivity (Wildman–Crippen MR) is 82.7 cm³/mol. The third-order valence-electron chi connectivity index (χ3n) is 4.15. The van der Waals surface area contributed by atoms with Crippen LogP contribution in [0.4, 0.5) is 0 Å².